The minimum Gasteiger partial charge on any atom is -0.340 e. The number of imidazole rings is 1. The summed E-state index contributed by atoms with van der Waals surface area (Å²) in [6.45, 7) is 1.90. The highest BCUT2D eigenvalue weighted by Gasteiger charge is 2.41. The minimum atomic E-state index is -4.35. The fourth-order valence-electron chi connectivity index (χ4n) is 2.48. The maximum atomic E-state index is 12.7. The topological polar surface area (TPSA) is 54.7 Å². The number of hydrogen-bond donors (Lipinski definition) is 2. The number of hydrogen-bond acceptors (Lipinski definition) is 2. The third kappa shape index (κ3) is 2.68. The number of aromatic nitrogens is 2. The van der Waals surface area contributed by atoms with E-state index in [4.69, 9.17) is 5.73 Å². The van der Waals surface area contributed by atoms with Gasteiger partial charge < -0.3 is 10.7 Å². The summed E-state index contributed by atoms with van der Waals surface area (Å²) in [6, 6.07) is 5.18. The molecule has 1 fully saturated rings. The molecule has 3 nitrogen and oxygen atoms in total. The standard InChI is InChI=1S/C15H16F3N3/c1-14(19,10-5-6-10)13-20-8-12(21-13)9-3-2-4-11(7-9)15(16,17)18/h2-4,7-8,10H,5-6,19H2,1H3,(H,20,21). The van der Waals surface area contributed by atoms with Gasteiger partial charge in [-0.2, -0.15) is 13.2 Å². The number of benzene rings is 1. The van der Waals surface area contributed by atoms with Crippen LogP contribution < -0.4 is 5.73 Å². The molecule has 1 unspecified atom stereocenters. The molecule has 1 aromatic carbocycles. The summed E-state index contributed by atoms with van der Waals surface area (Å²) in [6.07, 6.45) is -0.688. The van der Waals surface area contributed by atoms with Crippen molar-refractivity contribution >= 4 is 0 Å². The lowest BCUT2D eigenvalue weighted by atomic mass is 9.97. The van der Waals surface area contributed by atoms with Gasteiger partial charge in [0.2, 0.25) is 0 Å². The molecule has 0 bridgehead atoms. The van der Waals surface area contributed by atoms with Crippen LogP contribution in [0.3, 0.4) is 0 Å². The van der Waals surface area contributed by atoms with Gasteiger partial charge in [-0.25, -0.2) is 4.98 Å². The molecule has 6 heteroatoms. The molecule has 0 radical (unpaired) electrons. The van der Waals surface area contributed by atoms with E-state index in [1.54, 1.807) is 6.07 Å². The molecule has 3 N–H and O–H groups in total. The molecule has 1 saturated carbocycles. The van der Waals surface area contributed by atoms with Crippen LogP contribution in [0.1, 0.15) is 31.2 Å². The van der Waals surface area contributed by atoms with Crippen molar-refractivity contribution in [1.82, 2.24) is 9.97 Å². The van der Waals surface area contributed by atoms with Gasteiger partial charge in [-0.3, -0.25) is 0 Å². The van der Waals surface area contributed by atoms with Crippen LogP contribution in [0.4, 0.5) is 13.2 Å². The highest BCUT2D eigenvalue weighted by atomic mass is 19.4. The molecule has 1 aliphatic carbocycles. The SMILES string of the molecule is CC(N)(c1ncc(-c2cccc(C(F)(F)F)c2)[nH]1)C1CC1. The Morgan fingerprint density at radius 2 is 2.00 bits per heavy atom. The highest BCUT2D eigenvalue weighted by molar-refractivity contribution is 5.60. The van der Waals surface area contributed by atoms with E-state index < -0.39 is 17.3 Å². The minimum absolute atomic E-state index is 0.387. The van der Waals surface area contributed by atoms with Crippen LogP contribution in [-0.4, -0.2) is 9.97 Å². The van der Waals surface area contributed by atoms with Gasteiger partial charge in [-0.05, 0) is 37.8 Å². The van der Waals surface area contributed by atoms with Crippen molar-refractivity contribution in [1.29, 1.82) is 0 Å². The first-order valence-electron chi connectivity index (χ1n) is 6.80. The molecule has 1 aromatic heterocycles. The van der Waals surface area contributed by atoms with Crippen molar-refractivity contribution in [2.24, 2.45) is 11.7 Å². The zero-order valence-corrected chi connectivity index (χ0v) is 11.5. The van der Waals surface area contributed by atoms with E-state index in [1.807, 2.05) is 6.92 Å². The molecular weight excluding hydrogens is 279 g/mol. The number of alkyl halides is 3. The maximum Gasteiger partial charge on any atom is 0.416 e. The van der Waals surface area contributed by atoms with E-state index in [-0.39, 0.29) is 0 Å². The monoisotopic (exact) mass is 295 g/mol. The molecule has 112 valence electrons. The van der Waals surface area contributed by atoms with Crippen LogP contribution in [0.25, 0.3) is 11.3 Å². The van der Waals surface area contributed by atoms with Gasteiger partial charge in [-0.1, -0.05) is 12.1 Å². The second kappa shape index (κ2) is 4.59. The van der Waals surface area contributed by atoms with Gasteiger partial charge in [-0.15, -0.1) is 0 Å². The second-order valence-electron chi connectivity index (χ2n) is 5.78. The van der Waals surface area contributed by atoms with Crippen LogP contribution in [0.15, 0.2) is 30.5 Å². The first-order valence-corrected chi connectivity index (χ1v) is 6.80. The van der Waals surface area contributed by atoms with E-state index >= 15 is 0 Å². The van der Waals surface area contributed by atoms with Crippen molar-refractivity contribution in [3.05, 3.63) is 41.9 Å². The highest BCUT2D eigenvalue weighted by Crippen LogP contribution is 2.43. The van der Waals surface area contributed by atoms with Crippen molar-refractivity contribution in [3.8, 4) is 11.3 Å². The van der Waals surface area contributed by atoms with E-state index in [1.165, 1.54) is 12.3 Å². The van der Waals surface area contributed by atoms with Crippen LogP contribution in [0.5, 0.6) is 0 Å². The number of aromatic amines is 1. The average Bonchev–Trinajstić information content (AvgIpc) is 3.16. The molecule has 0 saturated heterocycles. The lowest BCUT2D eigenvalue weighted by Crippen LogP contribution is -2.36. The smallest absolute Gasteiger partial charge is 0.340 e. The van der Waals surface area contributed by atoms with Gasteiger partial charge in [0.25, 0.3) is 0 Å². The quantitative estimate of drug-likeness (QED) is 0.907. The van der Waals surface area contributed by atoms with Crippen molar-refractivity contribution in [2.45, 2.75) is 31.5 Å². The first kappa shape index (κ1) is 14.1. The number of nitrogens with zero attached hydrogens (tertiary/aromatic N) is 1. The molecule has 1 heterocycles. The Kier molecular flexibility index (Phi) is 3.09. The maximum absolute atomic E-state index is 12.7. The van der Waals surface area contributed by atoms with Gasteiger partial charge in [0.1, 0.15) is 5.82 Å². The number of rotatable bonds is 3. The molecule has 0 spiro atoms. The van der Waals surface area contributed by atoms with Crippen LogP contribution in [0, 0.1) is 5.92 Å². The zero-order valence-electron chi connectivity index (χ0n) is 11.5. The Morgan fingerprint density at radius 1 is 1.29 bits per heavy atom. The number of nitrogens with two attached hydrogens (primary N) is 1. The van der Waals surface area contributed by atoms with Crippen LogP contribution in [-0.2, 0) is 11.7 Å². The van der Waals surface area contributed by atoms with E-state index in [9.17, 15) is 13.2 Å². The third-order valence-electron chi connectivity index (χ3n) is 4.01. The Morgan fingerprint density at radius 3 is 2.62 bits per heavy atom. The number of nitrogens with one attached hydrogen (secondary N) is 1. The van der Waals surface area contributed by atoms with Gasteiger partial charge in [0.15, 0.2) is 0 Å². The first-order chi connectivity index (χ1) is 9.78. The van der Waals surface area contributed by atoms with Crippen LogP contribution in [0.2, 0.25) is 0 Å². The van der Waals surface area contributed by atoms with Gasteiger partial charge in [0.05, 0.1) is 23.0 Å². The third-order valence-corrected chi connectivity index (χ3v) is 4.01. The van der Waals surface area contributed by atoms with Crippen LogP contribution >= 0.6 is 0 Å². The zero-order chi connectivity index (χ0) is 15.3. The summed E-state index contributed by atoms with van der Waals surface area (Å²) in [7, 11) is 0. The average molecular weight is 295 g/mol. The summed E-state index contributed by atoms with van der Waals surface area (Å²) in [4.78, 5) is 7.32. The fraction of sp³-hybridized carbons (Fsp3) is 0.400. The van der Waals surface area contributed by atoms with Crippen molar-refractivity contribution in [3.63, 3.8) is 0 Å². The molecular formula is C15H16F3N3. The molecule has 2 aromatic rings. The largest absolute Gasteiger partial charge is 0.416 e. The van der Waals surface area contributed by atoms with E-state index in [0.717, 1.165) is 25.0 Å². The Balaban J connectivity index is 1.93. The van der Waals surface area contributed by atoms with Crippen molar-refractivity contribution in [2.75, 3.05) is 0 Å². The Hall–Kier alpha value is -1.82. The number of H-pyrrole nitrogens is 1. The summed E-state index contributed by atoms with van der Waals surface area (Å²) >= 11 is 0. The van der Waals surface area contributed by atoms with Gasteiger partial charge >= 0.3 is 6.18 Å². The molecule has 0 aliphatic heterocycles. The van der Waals surface area contributed by atoms with E-state index in [0.29, 0.717) is 23.0 Å². The second-order valence-corrected chi connectivity index (χ2v) is 5.78. The molecule has 3 rings (SSSR count). The Bertz CT molecular complexity index is 654. The Labute approximate surface area is 120 Å². The van der Waals surface area contributed by atoms with Gasteiger partial charge in [0, 0.05) is 5.56 Å². The predicted molar refractivity (Wildman–Crippen MR) is 73.3 cm³/mol. The summed E-state index contributed by atoms with van der Waals surface area (Å²) in [5, 5.41) is 0. The molecule has 21 heavy (non-hydrogen) atoms. The summed E-state index contributed by atoms with van der Waals surface area (Å²) < 4.78 is 38.2. The lowest BCUT2D eigenvalue weighted by molar-refractivity contribution is -0.137. The molecule has 0 amide bonds. The van der Waals surface area contributed by atoms with Crippen molar-refractivity contribution < 1.29 is 13.2 Å². The summed E-state index contributed by atoms with van der Waals surface area (Å²) in [5.74, 6) is 1.01. The molecule has 1 atom stereocenters. The fourth-order valence-corrected chi connectivity index (χ4v) is 2.48. The lowest BCUT2D eigenvalue weighted by Gasteiger charge is -2.21. The van der Waals surface area contributed by atoms with E-state index in [2.05, 4.69) is 9.97 Å². The summed E-state index contributed by atoms with van der Waals surface area (Å²) in [5.41, 5.74) is 6.04. The normalized spacial score (nSPS) is 18.5. The number of halogens is 3. The molecule has 1 aliphatic rings. The predicted octanol–water partition coefficient (Wildman–Crippen LogP) is 3.68.